The van der Waals surface area contributed by atoms with Crippen molar-refractivity contribution in [1.29, 1.82) is 0 Å². The molecule has 2 aromatic rings. The summed E-state index contributed by atoms with van der Waals surface area (Å²) < 4.78 is 13.0. The van der Waals surface area contributed by atoms with E-state index < -0.39 is 5.79 Å². The van der Waals surface area contributed by atoms with E-state index in [4.69, 9.17) is 9.47 Å². The molecule has 1 heterocycles. The minimum absolute atomic E-state index is 0.202. The lowest BCUT2D eigenvalue weighted by Gasteiger charge is -2.28. The van der Waals surface area contributed by atoms with Crippen LogP contribution in [0.4, 0.5) is 0 Å². The summed E-state index contributed by atoms with van der Waals surface area (Å²) in [6.45, 7) is 1.40. The Morgan fingerprint density at radius 1 is 1.14 bits per heavy atom. The third kappa shape index (κ3) is 4.26. The van der Waals surface area contributed by atoms with Crippen molar-refractivity contribution in [2.24, 2.45) is 0 Å². The van der Waals surface area contributed by atoms with Crippen LogP contribution in [0, 0.1) is 0 Å². The molecule has 1 aliphatic heterocycles. The molecule has 4 nitrogen and oxygen atoms in total. The average molecular weight is 444 g/mol. The monoisotopic (exact) mass is 443 g/mol. The van der Waals surface area contributed by atoms with Gasteiger partial charge in [-0.2, -0.15) is 0 Å². The lowest BCUT2D eigenvalue weighted by atomic mass is 9.98. The Kier molecular flexibility index (Phi) is 5.74. The van der Waals surface area contributed by atoms with Gasteiger partial charge in [-0.25, -0.2) is 0 Å². The third-order valence-corrected chi connectivity index (χ3v) is 6.40. The molecule has 2 aromatic carbocycles. The molecule has 28 heavy (non-hydrogen) atoms. The van der Waals surface area contributed by atoms with Crippen molar-refractivity contribution in [3.8, 4) is 5.75 Å². The molecule has 5 heteroatoms. The number of carbonyl (C=O) groups is 1. The maximum absolute atomic E-state index is 12.6. The number of likely N-dealkylation sites (tertiary alicyclic amines) is 1. The number of rotatable bonds is 6. The van der Waals surface area contributed by atoms with Crippen LogP contribution in [0.5, 0.6) is 5.75 Å². The van der Waals surface area contributed by atoms with Gasteiger partial charge in [-0.3, -0.25) is 4.79 Å². The smallest absolute Gasteiger partial charge is 0.223 e. The molecule has 0 spiro atoms. The molecule has 2 fully saturated rings. The number of nitrogens with zero attached hydrogens (tertiary/aromatic N) is 1. The standard InChI is InChI=1S/C23H26BrNO3/c1-27-23(11-2-3-12-23)28-21-6-4-5-18(13-21)19-14-22(26)25(16-19)15-17-7-9-20(24)10-8-17/h4-10,13,19H,2-3,11-12,14-16H2,1H3. The number of amides is 1. The highest BCUT2D eigenvalue weighted by molar-refractivity contribution is 9.10. The molecular formula is C23H26BrNO3. The van der Waals surface area contributed by atoms with Crippen LogP contribution in [-0.4, -0.2) is 30.2 Å². The molecule has 0 aromatic heterocycles. The van der Waals surface area contributed by atoms with Gasteiger partial charge in [-0.1, -0.05) is 40.2 Å². The number of hydrogen-bond donors (Lipinski definition) is 0. The molecule has 1 amide bonds. The summed E-state index contributed by atoms with van der Waals surface area (Å²) in [4.78, 5) is 14.5. The fourth-order valence-corrected chi connectivity index (χ4v) is 4.53. The van der Waals surface area contributed by atoms with Gasteiger partial charge in [0.2, 0.25) is 11.7 Å². The van der Waals surface area contributed by atoms with Gasteiger partial charge in [0.05, 0.1) is 0 Å². The Hall–Kier alpha value is -1.85. The van der Waals surface area contributed by atoms with E-state index in [1.165, 1.54) is 0 Å². The van der Waals surface area contributed by atoms with Gasteiger partial charge in [0.1, 0.15) is 5.75 Å². The van der Waals surface area contributed by atoms with E-state index >= 15 is 0 Å². The van der Waals surface area contributed by atoms with Crippen molar-refractivity contribution in [2.45, 2.75) is 50.4 Å². The van der Waals surface area contributed by atoms with Crippen molar-refractivity contribution in [3.63, 3.8) is 0 Å². The van der Waals surface area contributed by atoms with E-state index in [-0.39, 0.29) is 11.8 Å². The molecule has 1 saturated carbocycles. The second-order valence-electron chi connectivity index (χ2n) is 7.80. The summed E-state index contributed by atoms with van der Waals surface area (Å²) in [6.07, 6.45) is 4.67. The van der Waals surface area contributed by atoms with Gasteiger partial charge in [0, 0.05) is 49.9 Å². The normalized spacial score (nSPS) is 21.3. The zero-order valence-electron chi connectivity index (χ0n) is 16.2. The van der Waals surface area contributed by atoms with Crippen LogP contribution in [0.2, 0.25) is 0 Å². The molecular weight excluding hydrogens is 418 g/mol. The first kappa shape index (κ1) is 19.5. The van der Waals surface area contributed by atoms with E-state index in [1.807, 2.05) is 29.2 Å². The topological polar surface area (TPSA) is 38.8 Å². The number of halogens is 1. The summed E-state index contributed by atoms with van der Waals surface area (Å²) in [6, 6.07) is 16.3. The Balaban J connectivity index is 1.44. The first-order chi connectivity index (χ1) is 13.6. The molecule has 1 saturated heterocycles. The Labute approximate surface area is 175 Å². The summed E-state index contributed by atoms with van der Waals surface area (Å²) in [5.74, 6) is 0.759. The second-order valence-corrected chi connectivity index (χ2v) is 8.71. The van der Waals surface area contributed by atoms with Gasteiger partial charge < -0.3 is 14.4 Å². The third-order valence-electron chi connectivity index (χ3n) is 5.87. The van der Waals surface area contributed by atoms with Gasteiger partial charge in [0.25, 0.3) is 0 Å². The fraction of sp³-hybridized carbons (Fsp3) is 0.435. The molecule has 0 N–H and O–H groups in total. The number of ether oxygens (including phenoxy) is 2. The summed E-state index contributed by atoms with van der Waals surface area (Å²) in [5.41, 5.74) is 2.31. The van der Waals surface area contributed by atoms with Crippen LogP contribution in [0.3, 0.4) is 0 Å². The van der Waals surface area contributed by atoms with E-state index in [1.54, 1.807) is 7.11 Å². The maximum Gasteiger partial charge on any atom is 0.223 e. The zero-order valence-corrected chi connectivity index (χ0v) is 17.8. The molecule has 1 aliphatic carbocycles. The number of benzene rings is 2. The van der Waals surface area contributed by atoms with Crippen LogP contribution in [0.1, 0.15) is 49.1 Å². The largest absolute Gasteiger partial charge is 0.462 e. The lowest BCUT2D eigenvalue weighted by molar-refractivity contribution is -0.157. The van der Waals surface area contributed by atoms with Crippen molar-refractivity contribution in [3.05, 3.63) is 64.1 Å². The van der Waals surface area contributed by atoms with Crippen LogP contribution in [0.25, 0.3) is 0 Å². The predicted octanol–water partition coefficient (Wildman–Crippen LogP) is 5.26. The van der Waals surface area contributed by atoms with Crippen LogP contribution < -0.4 is 4.74 Å². The summed E-state index contributed by atoms with van der Waals surface area (Å²) >= 11 is 3.46. The zero-order chi connectivity index (χ0) is 19.6. The predicted molar refractivity (Wildman–Crippen MR) is 112 cm³/mol. The SMILES string of the molecule is COC1(Oc2cccc(C3CC(=O)N(Cc4ccc(Br)cc4)C3)c2)CCCC1. The first-order valence-corrected chi connectivity index (χ1v) is 10.7. The van der Waals surface area contributed by atoms with Crippen LogP contribution in [0.15, 0.2) is 53.0 Å². The van der Waals surface area contributed by atoms with Crippen molar-refractivity contribution in [2.75, 3.05) is 13.7 Å². The number of hydrogen-bond acceptors (Lipinski definition) is 3. The molecule has 0 bridgehead atoms. The molecule has 2 aliphatic rings. The quantitative estimate of drug-likeness (QED) is 0.571. The molecule has 1 atom stereocenters. The van der Waals surface area contributed by atoms with Crippen molar-refractivity contribution >= 4 is 21.8 Å². The summed E-state index contributed by atoms with van der Waals surface area (Å²) in [5, 5.41) is 0. The van der Waals surface area contributed by atoms with E-state index in [2.05, 4.69) is 40.2 Å². The van der Waals surface area contributed by atoms with Gasteiger partial charge in [-0.05, 0) is 48.2 Å². The van der Waals surface area contributed by atoms with E-state index in [0.717, 1.165) is 53.6 Å². The molecule has 148 valence electrons. The maximum atomic E-state index is 12.6. The van der Waals surface area contributed by atoms with Crippen molar-refractivity contribution in [1.82, 2.24) is 4.90 Å². The van der Waals surface area contributed by atoms with Crippen LogP contribution in [-0.2, 0) is 16.1 Å². The summed E-state index contributed by atoms with van der Waals surface area (Å²) in [7, 11) is 1.73. The minimum Gasteiger partial charge on any atom is -0.462 e. The highest BCUT2D eigenvalue weighted by atomic mass is 79.9. The van der Waals surface area contributed by atoms with Gasteiger partial charge in [0.15, 0.2) is 0 Å². The highest BCUT2D eigenvalue weighted by Crippen LogP contribution is 2.37. The number of carbonyl (C=O) groups excluding carboxylic acids is 1. The Morgan fingerprint density at radius 2 is 1.89 bits per heavy atom. The van der Waals surface area contributed by atoms with E-state index in [0.29, 0.717) is 13.0 Å². The minimum atomic E-state index is -0.488. The first-order valence-electron chi connectivity index (χ1n) is 9.93. The molecule has 1 unspecified atom stereocenters. The number of methoxy groups -OCH3 is 1. The van der Waals surface area contributed by atoms with Crippen molar-refractivity contribution < 1.29 is 14.3 Å². The Morgan fingerprint density at radius 3 is 2.61 bits per heavy atom. The van der Waals surface area contributed by atoms with Gasteiger partial charge >= 0.3 is 0 Å². The molecule has 0 radical (unpaired) electrons. The van der Waals surface area contributed by atoms with Crippen LogP contribution >= 0.6 is 15.9 Å². The average Bonchev–Trinajstić information content (AvgIpc) is 3.31. The van der Waals surface area contributed by atoms with Gasteiger partial charge in [-0.15, -0.1) is 0 Å². The fourth-order valence-electron chi connectivity index (χ4n) is 4.27. The molecule has 4 rings (SSSR count). The Bertz CT molecular complexity index is 830. The lowest BCUT2D eigenvalue weighted by Crippen LogP contribution is -2.34. The highest BCUT2D eigenvalue weighted by Gasteiger charge is 2.36. The second kappa shape index (κ2) is 8.26. The van der Waals surface area contributed by atoms with E-state index in [9.17, 15) is 4.79 Å².